The first-order valence-electron chi connectivity index (χ1n) is 36.7. The fourth-order valence-electron chi connectivity index (χ4n) is 4.73. The molecule has 4 atom stereocenters. The van der Waals surface area contributed by atoms with Gasteiger partial charge in [-0.05, 0) is 139 Å². The molecule has 0 aromatic heterocycles. The molecule has 0 amide bonds. The fourth-order valence-corrected chi connectivity index (χ4v) is 25.1. The molecule has 8 saturated heterocycles. The van der Waals surface area contributed by atoms with Crippen molar-refractivity contribution in [3.8, 4) is 0 Å². The maximum absolute atomic E-state index is 10.8. The molecule has 19 heteroatoms. The lowest BCUT2D eigenvalue weighted by molar-refractivity contribution is 0.469. The van der Waals surface area contributed by atoms with E-state index in [2.05, 4.69) is 238 Å². The SMILES string of the molecule is C1CCCSSCC1.C1CCSSC1.C1CCSSCC1.C1CSSC1.C=S1CCCCCCS1.CC(C)(C)C.CC(C)(C)C.CC(C)(C)C.CC(C)(C)C.CC(C)(C)C.CC(C)(C)C.CC(C)(C)C.CC(C)(C)C.O=S1CCCCCS1.O=S1CCCCS1.O=S1CCCS1. The summed E-state index contributed by atoms with van der Waals surface area (Å²) in [4.78, 5) is 0. The minimum Gasteiger partial charge on any atom is -0.248 e. The second-order valence-corrected chi connectivity index (χ2v) is 62.4. The molecule has 8 rings (SSSR count). The van der Waals surface area contributed by atoms with E-state index in [-0.39, 0.29) is 0 Å². The fraction of sp³-hybridized carbons (Fsp3) is 0.987. The van der Waals surface area contributed by atoms with E-state index in [9.17, 15) is 12.6 Å². The molecule has 592 valence electrons. The summed E-state index contributed by atoms with van der Waals surface area (Å²) >= 11 is 0. The van der Waals surface area contributed by atoms with Gasteiger partial charge in [0.25, 0.3) is 0 Å². The molecule has 4 unspecified atom stereocenters. The van der Waals surface area contributed by atoms with E-state index in [4.69, 9.17) is 0 Å². The molecule has 3 nitrogen and oxygen atoms in total. The molecule has 8 fully saturated rings. The highest BCUT2D eigenvalue weighted by atomic mass is 33.1. The third kappa shape index (κ3) is 225. The molecule has 8 aliphatic rings. The van der Waals surface area contributed by atoms with Crippen LogP contribution in [-0.4, -0.2) is 111 Å². The second-order valence-electron chi connectivity index (χ2n) is 37.1. The van der Waals surface area contributed by atoms with Gasteiger partial charge in [-0.2, -0.15) is 0 Å². The lowest BCUT2D eigenvalue weighted by Crippen LogP contribution is -2.00. The molecule has 96 heavy (non-hydrogen) atoms. The highest BCUT2D eigenvalue weighted by Gasteiger charge is 2.08. The van der Waals surface area contributed by atoms with Gasteiger partial charge in [0.05, 0.1) is 29.5 Å². The van der Waals surface area contributed by atoms with E-state index in [1.807, 2.05) is 86.4 Å². The molecule has 8 heterocycles. The predicted molar refractivity (Wildman–Crippen MR) is 501 cm³/mol. The van der Waals surface area contributed by atoms with Crippen LogP contribution in [0.1, 0.15) is 350 Å². The Kier molecular flexibility index (Phi) is 93.1. The monoisotopic (exact) mass is 1650 g/mol. The van der Waals surface area contributed by atoms with E-state index < -0.39 is 29.5 Å². The van der Waals surface area contributed by atoms with E-state index >= 15 is 0 Å². The number of hydrogen-bond acceptors (Lipinski definition) is 15. The quantitative estimate of drug-likeness (QED) is 0.171. The van der Waals surface area contributed by atoms with Crippen LogP contribution in [0, 0.1) is 43.3 Å². The molecule has 0 saturated carbocycles. The van der Waals surface area contributed by atoms with Gasteiger partial charge in [-0.3, -0.25) is 0 Å². The lowest BCUT2D eigenvalue weighted by Gasteiger charge is -2.10. The largest absolute Gasteiger partial charge is 0.248 e. The first kappa shape index (κ1) is 117. The second kappa shape index (κ2) is 76.6. The van der Waals surface area contributed by atoms with Crippen LogP contribution in [0.5, 0.6) is 0 Å². The Bertz CT molecular complexity index is 1350. The number of hydrogen-bond donors (Lipinski definition) is 0. The molecule has 0 aromatic carbocycles. The van der Waals surface area contributed by atoms with Gasteiger partial charge in [0.15, 0.2) is 0 Å². The summed E-state index contributed by atoms with van der Waals surface area (Å²) in [5, 5.41) is 0. The normalized spacial score (nSPS) is 21.6. The van der Waals surface area contributed by atoms with E-state index in [1.54, 1.807) is 32.4 Å². The van der Waals surface area contributed by atoms with Crippen LogP contribution < -0.4 is 0 Å². The third-order valence-electron chi connectivity index (χ3n) is 7.93. The Morgan fingerprint density at radius 1 is 0.188 bits per heavy atom. The van der Waals surface area contributed by atoms with Crippen molar-refractivity contribution in [2.75, 3.05) is 92.0 Å². The highest BCUT2D eigenvalue weighted by Crippen LogP contribution is 2.33. The summed E-state index contributed by atoms with van der Waals surface area (Å²) in [7, 11) is 21.9. The first-order chi connectivity index (χ1) is 43.6. The average Bonchev–Trinajstić information content (AvgIpc) is 4.21. The molecule has 0 aromatic rings. The van der Waals surface area contributed by atoms with Crippen LogP contribution in [0.4, 0.5) is 0 Å². The zero-order valence-corrected chi connectivity index (χ0v) is 83.0. The standard InChI is InChI=1S/C7H14S2.C6H12S2.C5H10OS2.C5H10S2.8C5H12.C4H8OS2.C4H8S2.C3H6OS2.C3H6S2/c1-9-7-5-3-2-4-6-8-9;1-2-4-6-8-7-5-3-1;6-8-5-3-1-2-4-7-8;1-2-4-6-7-5-3-1;8*1-5(2,3)4;5-7-4-2-1-3-6-7;1-2-4-6-5-3-1;4-6-3-1-2-5-6;1-2-4-5-3-1/h1-7H2;1-6H2;1-5H2;1-5H2;8*1-4H3;1-4H2;1-4H2;1-3H2;1-3H2. The van der Waals surface area contributed by atoms with Crippen LogP contribution in [0.3, 0.4) is 0 Å². The minimum absolute atomic E-state index is 0.448. The molecular weight excluding hydrogens is 1490 g/mol. The zero-order valence-electron chi connectivity index (χ0n) is 69.9. The molecule has 0 aliphatic carbocycles. The van der Waals surface area contributed by atoms with Gasteiger partial charge in [0.1, 0.15) is 0 Å². The van der Waals surface area contributed by atoms with Gasteiger partial charge in [-0.1, -0.05) is 385 Å². The van der Waals surface area contributed by atoms with Crippen LogP contribution in [0.25, 0.3) is 0 Å². The van der Waals surface area contributed by atoms with Crippen molar-refractivity contribution in [2.24, 2.45) is 43.3 Å². The van der Waals surface area contributed by atoms with E-state index in [0.29, 0.717) is 52.8 Å². The Labute approximate surface area is 665 Å². The molecule has 8 aliphatic heterocycles. The summed E-state index contributed by atoms with van der Waals surface area (Å²) < 4.78 is 31.6. The van der Waals surface area contributed by atoms with Crippen molar-refractivity contribution in [3.63, 3.8) is 0 Å². The average molecular weight is 1660 g/mol. The Hall–Kier alpha value is 4.87. The maximum atomic E-state index is 10.8. The van der Waals surface area contributed by atoms with Crippen LogP contribution >= 0.6 is 139 Å². The molecular formula is C77H170O3S16. The molecule has 0 N–H and O–H groups in total. The van der Waals surface area contributed by atoms with Gasteiger partial charge in [0.2, 0.25) is 0 Å². The maximum Gasteiger partial charge on any atom is 0.0804 e. The van der Waals surface area contributed by atoms with Gasteiger partial charge >= 0.3 is 0 Å². The van der Waals surface area contributed by atoms with Crippen molar-refractivity contribution in [2.45, 2.75) is 350 Å². The van der Waals surface area contributed by atoms with Gasteiger partial charge in [-0.25, -0.2) is 12.6 Å². The number of rotatable bonds is 0. The summed E-state index contributed by atoms with van der Waals surface area (Å²) in [5.41, 5.74) is 4.00. The van der Waals surface area contributed by atoms with Crippen molar-refractivity contribution < 1.29 is 12.6 Å². The topological polar surface area (TPSA) is 51.2 Å². The molecule has 0 bridgehead atoms. The Morgan fingerprint density at radius 3 is 0.552 bits per heavy atom. The summed E-state index contributed by atoms with van der Waals surface area (Å²) in [6.45, 7) is 70.0. The summed E-state index contributed by atoms with van der Waals surface area (Å²) in [5.74, 6) is 23.9. The van der Waals surface area contributed by atoms with Crippen molar-refractivity contribution in [1.82, 2.24) is 0 Å². The molecule has 0 spiro atoms. The summed E-state index contributed by atoms with van der Waals surface area (Å²) in [6.07, 6.45) is 27.5. The van der Waals surface area contributed by atoms with Gasteiger partial charge in [0, 0.05) is 86.3 Å². The first-order valence-corrected chi connectivity index (χ1v) is 58.2. The van der Waals surface area contributed by atoms with Crippen LogP contribution in [-0.2, 0) is 29.5 Å². The highest BCUT2D eigenvalue weighted by molar-refractivity contribution is 8.83. The summed E-state index contributed by atoms with van der Waals surface area (Å²) in [6, 6.07) is 0. The predicted octanol–water partition coefficient (Wildman–Crippen LogP) is 32.3. The Balaban J connectivity index is -0.000000144. The van der Waals surface area contributed by atoms with E-state index in [1.165, 1.54) is 180 Å². The minimum atomic E-state index is -0.541. The van der Waals surface area contributed by atoms with Gasteiger partial charge in [-0.15, -0.1) is 20.3 Å². The molecule has 0 radical (unpaired) electrons. The van der Waals surface area contributed by atoms with E-state index in [0.717, 1.165) is 40.9 Å². The van der Waals surface area contributed by atoms with Crippen LogP contribution in [0.2, 0.25) is 0 Å². The van der Waals surface area contributed by atoms with Crippen molar-refractivity contribution in [3.05, 3.63) is 0 Å². The smallest absolute Gasteiger partial charge is 0.0804 e. The lowest BCUT2D eigenvalue weighted by atomic mass is 10.0. The third-order valence-corrected chi connectivity index (χ3v) is 31.2. The van der Waals surface area contributed by atoms with Crippen molar-refractivity contribution in [1.29, 1.82) is 0 Å². The van der Waals surface area contributed by atoms with Crippen molar-refractivity contribution >= 4 is 174 Å². The van der Waals surface area contributed by atoms with Crippen LogP contribution in [0.15, 0.2) is 0 Å². The zero-order chi connectivity index (χ0) is 76.3. The Morgan fingerprint density at radius 2 is 0.333 bits per heavy atom. The van der Waals surface area contributed by atoms with Gasteiger partial charge < -0.3 is 0 Å².